The van der Waals surface area contributed by atoms with Crippen molar-refractivity contribution in [2.45, 2.75) is 11.8 Å². The first-order valence-corrected chi connectivity index (χ1v) is 9.01. The van der Waals surface area contributed by atoms with Gasteiger partial charge < -0.3 is 14.8 Å². The standard InChI is InChI=1S/C17H20N2O4S.ClH/c1-12-10-15(22-2)16(23-3)11-17(12)24(20,21)19-9-8-18-13-6-4-5-7-14(13)19;/h4-7,10-11,18H,8-9H2,1-3H3;1H. The molecule has 0 unspecified atom stereocenters. The summed E-state index contributed by atoms with van der Waals surface area (Å²) in [6.07, 6.45) is 0. The number of fused-ring (bicyclic) bond motifs is 1. The van der Waals surface area contributed by atoms with E-state index in [0.717, 1.165) is 5.69 Å². The Bertz CT molecular complexity index is 871. The molecule has 0 atom stereocenters. The van der Waals surface area contributed by atoms with Crippen molar-refractivity contribution in [3.05, 3.63) is 42.0 Å². The molecule has 0 saturated carbocycles. The van der Waals surface area contributed by atoms with Crippen LogP contribution in [0.5, 0.6) is 11.5 Å². The minimum absolute atomic E-state index is 0. The van der Waals surface area contributed by atoms with E-state index in [4.69, 9.17) is 9.47 Å². The molecule has 2 aromatic carbocycles. The maximum absolute atomic E-state index is 13.2. The molecular formula is C17H21ClN2O4S. The number of nitrogens with one attached hydrogen (secondary N) is 1. The SMILES string of the molecule is COc1cc(C)c(S(=O)(=O)N2CCNc3ccccc32)cc1OC.Cl. The number of sulfonamides is 1. The van der Waals surface area contributed by atoms with E-state index in [1.807, 2.05) is 18.2 Å². The van der Waals surface area contributed by atoms with E-state index >= 15 is 0 Å². The lowest BCUT2D eigenvalue weighted by molar-refractivity contribution is 0.353. The molecule has 0 aromatic heterocycles. The molecule has 0 spiro atoms. The van der Waals surface area contributed by atoms with Gasteiger partial charge in [0.1, 0.15) is 0 Å². The number of para-hydroxylation sites is 2. The van der Waals surface area contributed by atoms with Crippen LogP contribution in [0, 0.1) is 6.92 Å². The molecule has 2 aromatic rings. The van der Waals surface area contributed by atoms with Crippen molar-refractivity contribution in [3.63, 3.8) is 0 Å². The summed E-state index contributed by atoms with van der Waals surface area (Å²) in [6.45, 7) is 2.68. The number of benzene rings is 2. The van der Waals surface area contributed by atoms with Gasteiger partial charge >= 0.3 is 0 Å². The van der Waals surface area contributed by atoms with Crippen LogP contribution in [0.3, 0.4) is 0 Å². The van der Waals surface area contributed by atoms with Gasteiger partial charge in [0.25, 0.3) is 10.0 Å². The van der Waals surface area contributed by atoms with E-state index in [1.54, 1.807) is 19.1 Å². The van der Waals surface area contributed by atoms with Gasteiger partial charge in [-0.2, -0.15) is 0 Å². The van der Waals surface area contributed by atoms with Crippen molar-refractivity contribution in [2.24, 2.45) is 0 Å². The van der Waals surface area contributed by atoms with Crippen LogP contribution in [-0.2, 0) is 10.0 Å². The summed E-state index contributed by atoms with van der Waals surface area (Å²) < 4.78 is 38.4. The summed E-state index contributed by atoms with van der Waals surface area (Å²) in [7, 11) is -0.690. The van der Waals surface area contributed by atoms with Gasteiger partial charge in [0.05, 0.1) is 37.0 Å². The predicted octanol–water partition coefficient (Wildman–Crippen LogP) is 3.05. The van der Waals surface area contributed by atoms with Crippen LogP contribution in [0.1, 0.15) is 5.56 Å². The Morgan fingerprint density at radius 1 is 1.08 bits per heavy atom. The van der Waals surface area contributed by atoms with Crippen LogP contribution < -0.4 is 19.1 Å². The largest absolute Gasteiger partial charge is 0.493 e. The Hall–Kier alpha value is -2.12. The molecule has 136 valence electrons. The van der Waals surface area contributed by atoms with Crippen molar-refractivity contribution in [3.8, 4) is 11.5 Å². The number of halogens is 1. The van der Waals surface area contributed by atoms with Crippen LogP contribution in [0.25, 0.3) is 0 Å². The molecule has 0 fully saturated rings. The normalized spacial score (nSPS) is 13.3. The van der Waals surface area contributed by atoms with Crippen LogP contribution in [-0.4, -0.2) is 35.7 Å². The molecule has 0 aliphatic carbocycles. The zero-order valence-electron chi connectivity index (χ0n) is 14.3. The molecule has 1 aliphatic rings. The Labute approximate surface area is 154 Å². The fraction of sp³-hybridized carbons (Fsp3) is 0.294. The summed E-state index contributed by atoms with van der Waals surface area (Å²) in [5.41, 5.74) is 2.08. The van der Waals surface area contributed by atoms with Gasteiger partial charge in [-0.3, -0.25) is 4.31 Å². The molecule has 1 heterocycles. The highest BCUT2D eigenvalue weighted by Crippen LogP contribution is 2.37. The van der Waals surface area contributed by atoms with Crippen LogP contribution in [0.4, 0.5) is 11.4 Å². The monoisotopic (exact) mass is 384 g/mol. The van der Waals surface area contributed by atoms with Gasteiger partial charge in [0.15, 0.2) is 11.5 Å². The van der Waals surface area contributed by atoms with E-state index in [9.17, 15) is 8.42 Å². The molecule has 3 rings (SSSR count). The average molecular weight is 385 g/mol. The molecule has 0 saturated heterocycles. The minimum atomic E-state index is -3.71. The molecule has 0 amide bonds. The highest BCUT2D eigenvalue weighted by Gasteiger charge is 2.31. The average Bonchev–Trinajstić information content (AvgIpc) is 2.60. The zero-order valence-corrected chi connectivity index (χ0v) is 15.9. The fourth-order valence-corrected chi connectivity index (χ4v) is 4.57. The van der Waals surface area contributed by atoms with Gasteiger partial charge in [0, 0.05) is 12.6 Å². The Kier molecular flexibility index (Phi) is 5.69. The molecule has 1 aliphatic heterocycles. The molecule has 25 heavy (non-hydrogen) atoms. The van der Waals surface area contributed by atoms with E-state index in [-0.39, 0.29) is 17.3 Å². The topological polar surface area (TPSA) is 67.9 Å². The van der Waals surface area contributed by atoms with Crippen molar-refractivity contribution < 1.29 is 17.9 Å². The highest BCUT2D eigenvalue weighted by atomic mass is 35.5. The maximum atomic E-state index is 13.2. The third-order valence-corrected chi connectivity index (χ3v) is 6.01. The summed E-state index contributed by atoms with van der Waals surface area (Å²) in [4.78, 5) is 0.219. The Morgan fingerprint density at radius 3 is 2.40 bits per heavy atom. The quantitative estimate of drug-likeness (QED) is 0.877. The number of hydrogen-bond donors (Lipinski definition) is 1. The molecule has 0 radical (unpaired) electrons. The number of aryl methyl sites for hydroxylation is 1. The molecule has 0 bridgehead atoms. The first-order chi connectivity index (χ1) is 11.5. The van der Waals surface area contributed by atoms with Crippen molar-refractivity contribution in [1.82, 2.24) is 0 Å². The van der Waals surface area contributed by atoms with E-state index < -0.39 is 10.0 Å². The Balaban J connectivity index is 0.00000225. The van der Waals surface area contributed by atoms with Gasteiger partial charge in [-0.25, -0.2) is 8.42 Å². The van der Waals surface area contributed by atoms with Crippen molar-refractivity contribution >= 4 is 33.8 Å². The lowest BCUT2D eigenvalue weighted by atomic mass is 10.2. The molecular weight excluding hydrogens is 364 g/mol. The van der Waals surface area contributed by atoms with E-state index in [2.05, 4.69) is 5.32 Å². The number of rotatable bonds is 4. The third-order valence-electron chi connectivity index (χ3n) is 4.05. The smallest absolute Gasteiger partial charge is 0.264 e. The number of ether oxygens (including phenoxy) is 2. The van der Waals surface area contributed by atoms with Crippen LogP contribution in [0.2, 0.25) is 0 Å². The zero-order chi connectivity index (χ0) is 17.3. The summed E-state index contributed by atoms with van der Waals surface area (Å²) in [5.74, 6) is 0.903. The molecule has 1 N–H and O–H groups in total. The molecule has 6 nitrogen and oxygen atoms in total. The lowest BCUT2D eigenvalue weighted by Gasteiger charge is -2.31. The number of nitrogens with zero attached hydrogens (tertiary/aromatic N) is 1. The van der Waals surface area contributed by atoms with Crippen molar-refractivity contribution in [1.29, 1.82) is 0 Å². The summed E-state index contributed by atoms with van der Waals surface area (Å²) in [6, 6.07) is 10.6. The maximum Gasteiger partial charge on any atom is 0.264 e. The number of hydrogen-bond acceptors (Lipinski definition) is 5. The molecule has 8 heteroatoms. The van der Waals surface area contributed by atoms with Gasteiger partial charge in [-0.15, -0.1) is 12.4 Å². The van der Waals surface area contributed by atoms with Gasteiger partial charge in [-0.05, 0) is 30.7 Å². The highest BCUT2D eigenvalue weighted by molar-refractivity contribution is 7.93. The first-order valence-electron chi connectivity index (χ1n) is 7.57. The fourth-order valence-electron chi connectivity index (χ4n) is 2.86. The summed E-state index contributed by atoms with van der Waals surface area (Å²) >= 11 is 0. The van der Waals surface area contributed by atoms with E-state index in [0.29, 0.717) is 35.8 Å². The number of anilines is 2. The lowest BCUT2D eigenvalue weighted by Crippen LogP contribution is -2.39. The van der Waals surface area contributed by atoms with E-state index in [1.165, 1.54) is 24.6 Å². The van der Waals surface area contributed by atoms with Gasteiger partial charge in [0.2, 0.25) is 0 Å². The first kappa shape index (κ1) is 19.2. The third kappa shape index (κ3) is 3.34. The van der Waals surface area contributed by atoms with Crippen LogP contribution >= 0.6 is 12.4 Å². The minimum Gasteiger partial charge on any atom is -0.493 e. The number of methoxy groups -OCH3 is 2. The second-order valence-corrected chi connectivity index (χ2v) is 7.32. The summed E-state index contributed by atoms with van der Waals surface area (Å²) in [5, 5.41) is 3.22. The second-order valence-electron chi connectivity index (χ2n) is 5.49. The second kappa shape index (κ2) is 7.41. The van der Waals surface area contributed by atoms with Crippen LogP contribution in [0.15, 0.2) is 41.3 Å². The van der Waals surface area contributed by atoms with Crippen molar-refractivity contribution in [2.75, 3.05) is 36.9 Å². The van der Waals surface area contributed by atoms with Gasteiger partial charge in [-0.1, -0.05) is 12.1 Å². The Morgan fingerprint density at radius 2 is 1.72 bits per heavy atom. The predicted molar refractivity (Wildman–Crippen MR) is 101 cm³/mol.